The highest BCUT2D eigenvalue weighted by Crippen LogP contribution is 2.22. The van der Waals surface area contributed by atoms with Crippen molar-refractivity contribution < 1.29 is 13.0 Å². The molecule has 0 aliphatic heterocycles. The van der Waals surface area contributed by atoms with Crippen LogP contribution in [0, 0.1) is 0 Å². The van der Waals surface area contributed by atoms with Gasteiger partial charge < -0.3 is 0 Å². The van der Waals surface area contributed by atoms with Gasteiger partial charge in [0.15, 0.2) is 0 Å². The maximum Gasteiger partial charge on any atom is 0.269 e. The number of halogens is 2. The molecule has 1 N–H and O–H groups in total. The van der Waals surface area contributed by atoms with Crippen LogP contribution in [0.25, 0.3) is 0 Å². The van der Waals surface area contributed by atoms with Crippen LogP contribution in [-0.2, 0) is 15.9 Å². The summed E-state index contributed by atoms with van der Waals surface area (Å²) in [7, 11) is -4.06. The fourth-order valence-corrected chi connectivity index (χ4v) is 2.25. The molecule has 7 heteroatoms. The van der Waals surface area contributed by atoms with E-state index in [1.807, 2.05) is 18.2 Å². The minimum absolute atomic E-state index is 0.266. The monoisotopic (exact) mass is 319 g/mol. The van der Waals surface area contributed by atoms with Crippen molar-refractivity contribution in [3.05, 3.63) is 64.4 Å². The van der Waals surface area contributed by atoms with Crippen LogP contribution in [0.15, 0.2) is 48.8 Å². The Labute approximate surface area is 121 Å². The molecule has 0 saturated heterocycles. The molecule has 0 amide bonds. The summed E-state index contributed by atoms with van der Waals surface area (Å²) < 4.78 is 29.6. The lowest BCUT2D eigenvalue weighted by atomic mass is 10.2. The number of aromatic nitrogens is 1. The maximum absolute atomic E-state index is 10.5. The SMILES string of the molecule is O=S(=O)(O)Cc1cc(Cl)ccc1Cl.c1ccncc1. The molecule has 1 aromatic carbocycles. The molecule has 0 radical (unpaired) electrons. The molecule has 0 spiro atoms. The van der Waals surface area contributed by atoms with Gasteiger partial charge in [-0.25, -0.2) is 0 Å². The fraction of sp³-hybridized carbons (Fsp3) is 0.0833. The van der Waals surface area contributed by atoms with Crippen LogP contribution in [0.4, 0.5) is 0 Å². The lowest BCUT2D eigenvalue weighted by Crippen LogP contribution is -2.01. The maximum atomic E-state index is 10.5. The van der Waals surface area contributed by atoms with Crippen molar-refractivity contribution in [2.24, 2.45) is 0 Å². The van der Waals surface area contributed by atoms with E-state index in [2.05, 4.69) is 4.98 Å². The van der Waals surface area contributed by atoms with E-state index in [-0.39, 0.29) is 10.6 Å². The molecule has 0 aliphatic rings. The summed E-state index contributed by atoms with van der Waals surface area (Å²) in [4.78, 5) is 3.78. The smallest absolute Gasteiger partial charge is 0.269 e. The van der Waals surface area contributed by atoms with Gasteiger partial charge in [0.2, 0.25) is 0 Å². The Hall–Kier alpha value is -1.14. The summed E-state index contributed by atoms with van der Waals surface area (Å²) in [6.45, 7) is 0. The summed E-state index contributed by atoms with van der Waals surface area (Å²) in [5, 5.41) is 0.644. The zero-order valence-electron chi connectivity index (χ0n) is 9.70. The molecule has 2 rings (SSSR count). The van der Waals surface area contributed by atoms with Gasteiger partial charge in [-0.15, -0.1) is 0 Å². The van der Waals surface area contributed by atoms with Gasteiger partial charge >= 0.3 is 0 Å². The molecule has 1 heterocycles. The van der Waals surface area contributed by atoms with E-state index in [9.17, 15) is 8.42 Å². The number of benzene rings is 1. The average molecular weight is 320 g/mol. The number of hydrogen-bond acceptors (Lipinski definition) is 3. The second-order valence-corrected chi connectivity index (χ2v) is 5.78. The van der Waals surface area contributed by atoms with Crippen molar-refractivity contribution in [3.8, 4) is 0 Å². The van der Waals surface area contributed by atoms with Crippen LogP contribution < -0.4 is 0 Å². The molecule has 0 unspecified atom stereocenters. The number of hydrogen-bond donors (Lipinski definition) is 1. The van der Waals surface area contributed by atoms with Crippen LogP contribution >= 0.6 is 23.2 Å². The molecular weight excluding hydrogens is 309 g/mol. The minimum atomic E-state index is -4.06. The van der Waals surface area contributed by atoms with Crippen LogP contribution in [0.5, 0.6) is 0 Å². The summed E-state index contributed by atoms with van der Waals surface area (Å²) in [5.74, 6) is -0.521. The Morgan fingerprint density at radius 1 is 1.11 bits per heavy atom. The number of pyridine rings is 1. The van der Waals surface area contributed by atoms with Gasteiger partial charge in [-0.05, 0) is 35.9 Å². The van der Waals surface area contributed by atoms with E-state index in [0.29, 0.717) is 5.02 Å². The molecule has 102 valence electrons. The first-order valence-electron chi connectivity index (χ1n) is 5.12. The molecule has 0 saturated carbocycles. The highest BCUT2D eigenvalue weighted by Gasteiger charge is 2.10. The third-order valence-corrected chi connectivity index (χ3v) is 3.19. The number of rotatable bonds is 2. The predicted molar refractivity (Wildman–Crippen MR) is 76.0 cm³/mol. The third-order valence-electron chi connectivity index (χ3n) is 1.91. The van der Waals surface area contributed by atoms with Gasteiger partial charge in [0.05, 0.1) is 0 Å². The summed E-state index contributed by atoms with van der Waals surface area (Å²) in [5.41, 5.74) is 0.289. The molecule has 2 aromatic rings. The van der Waals surface area contributed by atoms with Gasteiger partial charge in [-0.2, -0.15) is 8.42 Å². The summed E-state index contributed by atoms with van der Waals surface area (Å²) >= 11 is 11.3. The molecule has 0 atom stereocenters. The zero-order chi connectivity index (χ0) is 14.3. The molecule has 19 heavy (non-hydrogen) atoms. The molecule has 0 aliphatic carbocycles. The van der Waals surface area contributed by atoms with E-state index >= 15 is 0 Å². The van der Waals surface area contributed by atoms with Gasteiger partial charge in [-0.3, -0.25) is 9.54 Å². The van der Waals surface area contributed by atoms with Crippen molar-refractivity contribution in [3.63, 3.8) is 0 Å². The second kappa shape index (κ2) is 7.45. The Kier molecular flexibility index (Phi) is 6.24. The second-order valence-electron chi connectivity index (χ2n) is 3.49. The third kappa shape index (κ3) is 7.12. The van der Waals surface area contributed by atoms with Crippen molar-refractivity contribution in [1.82, 2.24) is 4.98 Å². The van der Waals surface area contributed by atoms with Crippen molar-refractivity contribution in [1.29, 1.82) is 0 Å². The molecule has 0 fully saturated rings. The van der Waals surface area contributed by atoms with E-state index in [1.54, 1.807) is 12.4 Å². The van der Waals surface area contributed by atoms with Crippen molar-refractivity contribution >= 4 is 33.3 Å². The zero-order valence-corrected chi connectivity index (χ0v) is 12.0. The lowest BCUT2D eigenvalue weighted by molar-refractivity contribution is 0.482. The molecule has 4 nitrogen and oxygen atoms in total. The average Bonchev–Trinajstić information content (AvgIpc) is 2.35. The first-order chi connectivity index (χ1) is 8.88. The van der Waals surface area contributed by atoms with Crippen LogP contribution in [-0.4, -0.2) is 18.0 Å². The van der Waals surface area contributed by atoms with Gasteiger partial charge in [0.25, 0.3) is 10.1 Å². The molecular formula is C12H11Cl2NO3S. The first kappa shape index (κ1) is 15.9. The van der Waals surface area contributed by atoms with Gasteiger partial charge in [0, 0.05) is 22.4 Å². The van der Waals surface area contributed by atoms with E-state index in [0.717, 1.165) is 0 Å². The minimum Gasteiger partial charge on any atom is -0.285 e. The summed E-state index contributed by atoms with van der Waals surface area (Å²) in [6, 6.07) is 10.1. The molecule has 1 aromatic heterocycles. The highest BCUT2D eigenvalue weighted by atomic mass is 35.5. The van der Waals surface area contributed by atoms with E-state index in [1.165, 1.54) is 18.2 Å². The Balaban J connectivity index is 0.000000250. The Bertz CT molecular complexity index is 591. The molecule has 0 bridgehead atoms. The van der Waals surface area contributed by atoms with Crippen LogP contribution in [0.1, 0.15) is 5.56 Å². The quantitative estimate of drug-likeness (QED) is 0.861. The summed E-state index contributed by atoms with van der Waals surface area (Å²) in [6.07, 6.45) is 3.50. The van der Waals surface area contributed by atoms with E-state index in [4.69, 9.17) is 27.8 Å². The predicted octanol–water partition coefficient (Wildman–Crippen LogP) is 3.46. The first-order valence-corrected chi connectivity index (χ1v) is 7.49. The van der Waals surface area contributed by atoms with Crippen LogP contribution in [0.3, 0.4) is 0 Å². The van der Waals surface area contributed by atoms with E-state index < -0.39 is 15.9 Å². The highest BCUT2D eigenvalue weighted by molar-refractivity contribution is 7.85. The largest absolute Gasteiger partial charge is 0.285 e. The van der Waals surface area contributed by atoms with Crippen LogP contribution in [0.2, 0.25) is 10.0 Å². The van der Waals surface area contributed by atoms with Crippen molar-refractivity contribution in [2.45, 2.75) is 5.75 Å². The topological polar surface area (TPSA) is 67.3 Å². The number of nitrogens with zero attached hydrogens (tertiary/aromatic N) is 1. The van der Waals surface area contributed by atoms with Gasteiger partial charge in [-0.1, -0.05) is 29.3 Å². The Morgan fingerprint density at radius 3 is 2.16 bits per heavy atom. The normalized spacial score (nSPS) is 10.5. The lowest BCUT2D eigenvalue weighted by Gasteiger charge is -2.01. The Morgan fingerprint density at radius 2 is 1.74 bits per heavy atom. The standard InChI is InChI=1S/C7H6Cl2O3S.C5H5N/c8-6-1-2-7(9)5(3-6)4-13(10,11)12;1-2-4-6-5-3-1/h1-3H,4H2,(H,10,11,12);1-5H. The fourth-order valence-electron chi connectivity index (χ4n) is 1.16. The van der Waals surface area contributed by atoms with Crippen molar-refractivity contribution in [2.75, 3.05) is 0 Å². The van der Waals surface area contributed by atoms with Gasteiger partial charge in [0.1, 0.15) is 5.75 Å².